The number of aromatic nitrogens is 2. The highest BCUT2D eigenvalue weighted by atomic mass is 35.5. The first-order valence-electron chi connectivity index (χ1n) is 10.4. The molecule has 4 rings (SSSR count). The monoisotopic (exact) mass is 452 g/mol. The fourth-order valence-corrected chi connectivity index (χ4v) is 3.78. The average molecular weight is 453 g/mol. The lowest BCUT2D eigenvalue weighted by atomic mass is 10.1. The van der Waals surface area contributed by atoms with E-state index in [4.69, 9.17) is 24.7 Å². The highest BCUT2D eigenvalue weighted by Gasteiger charge is 2.22. The van der Waals surface area contributed by atoms with Gasteiger partial charge in [-0.15, -0.1) is 12.4 Å². The molecule has 1 unspecified atom stereocenters. The van der Waals surface area contributed by atoms with E-state index in [0.29, 0.717) is 39.6 Å². The molecule has 0 saturated carbocycles. The number of pyridine rings is 2. The third-order valence-corrected chi connectivity index (χ3v) is 5.38. The molecule has 2 aliphatic rings. The van der Waals surface area contributed by atoms with Crippen molar-refractivity contribution in [1.29, 1.82) is 0 Å². The lowest BCUT2D eigenvalue weighted by Gasteiger charge is -2.33. The van der Waals surface area contributed by atoms with E-state index in [9.17, 15) is 4.79 Å². The van der Waals surface area contributed by atoms with Crippen LogP contribution in [0.2, 0.25) is 0 Å². The van der Waals surface area contributed by atoms with Crippen LogP contribution in [0.25, 0.3) is 10.9 Å². The molecule has 2 aliphatic heterocycles. The number of nitrogens with zero attached hydrogens (tertiary/aromatic N) is 3. The number of piperidine rings is 1. The predicted octanol–water partition coefficient (Wildman–Crippen LogP) is 1.57. The highest BCUT2D eigenvalue weighted by molar-refractivity contribution is 5.96. The normalized spacial score (nSPS) is 19.9. The number of hydrogen-bond donors (Lipinski definition) is 1. The maximum absolute atomic E-state index is 11.5. The molecule has 0 bridgehead atoms. The van der Waals surface area contributed by atoms with Crippen LogP contribution in [0.3, 0.4) is 0 Å². The van der Waals surface area contributed by atoms with Gasteiger partial charge in [0.25, 0.3) is 5.91 Å². The van der Waals surface area contributed by atoms with Crippen molar-refractivity contribution in [2.75, 3.05) is 57.6 Å². The number of primary amides is 1. The smallest absolute Gasteiger partial charge is 0.267 e. The number of carbonyl (C=O) groups is 1. The zero-order chi connectivity index (χ0) is 20.8. The van der Waals surface area contributed by atoms with Crippen molar-refractivity contribution in [1.82, 2.24) is 9.97 Å². The SMILES string of the molecule is Cl.NC(=O)c1ccc2cncc(N3CCC(OCCOCC4COCCO4)CC3)c2n1. The third kappa shape index (κ3) is 6.24. The Labute approximate surface area is 187 Å². The Hall–Kier alpha value is -2.04. The van der Waals surface area contributed by atoms with Gasteiger partial charge in [0.15, 0.2) is 0 Å². The van der Waals surface area contributed by atoms with Crippen molar-refractivity contribution in [3.8, 4) is 0 Å². The van der Waals surface area contributed by atoms with Crippen LogP contribution < -0.4 is 10.6 Å². The van der Waals surface area contributed by atoms with E-state index in [1.54, 1.807) is 18.5 Å². The molecule has 2 fully saturated rings. The molecule has 2 aromatic rings. The van der Waals surface area contributed by atoms with Crippen LogP contribution in [0.4, 0.5) is 5.69 Å². The largest absolute Gasteiger partial charge is 0.376 e. The summed E-state index contributed by atoms with van der Waals surface area (Å²) in [5, 5.41) is 0.889. The fourth-order valence-electron chi connectivity index (χ4n) is 3.78. The van der Waals surface area contributed by atoms with Gasteiger partial charge in [-0.05, 0) is 25.0 Å². The number of ether oxygens (including phenoxy) is 4. The highest BCUT2D eigenvalue weighted by Crippen LogP contribution is 2.27. The lowest BCUT2D eigenvalue weighted by molar-refractivity contribution is -0.119. The van der Waals surface area contributed by atoms with E-state index < -0.39 is 5.91 Å². The summed E-state index contributed by atoms with van der Waals surface area (Å²) in [6.45, 7) is 5.22. The molecule has 31 heavy (non-hydrogen) atoms. The van der Waals surface area contributed by atoms with Crippen LogP contribution in [-0.4, -0.2) is 80.8 Å². The molecule has 4 heterocycles. The van der Waals surface area contributed by atoms with Gasteiger partial charge < -0.3 is 29.6 Å². The molecule has 10 heteroatoms. The van der Waals surface area contributed by atoms with Crippen molar-refractivity contribution in [3.63, 3.8) is 0 Å². The minimum Gasteiger partial charge on any atom is -0.376 e. The van der Waals surface area contributed by atoms with Gasteiger partial charge in [-0.3, -0.25) is 9.78 Å². The first-order valence-corrected chi connectivity index (χ1v) is 10.4. The quantitative estimate of drug-likeness (QED) is 0.601. The minimum atomic E-state index is -0.531. The number of anilines is 1. The molecule has 0 aliphatic carbocycles. The second-order valence-electron chi connectivity index (χ2n) is 7.49. The Morgan fingerprint density at radius 3 is 2.77 bits per heavy atom. The van der Waals surface area contributed by atoms with Gasteiger partial charge in [-0.25, -0.2) is 4.98 Å². The number of rotatable bonds is 8. The molecule has 0 radical (unpaired) electrons. The number of hydrogen-bond acceptors (Lipinski definition) is 8. The Balaban J connectivity index is 0.00000272. The maximum Gasteiger partial charge on any atom is 0.267 e. The average Bonchev–Trinajstić information content (AvgIpc) is 2.79. The van der Waals surface area contributed by atoms with Crippen LogP contribution in [0.15, 0.2) is 24.5 Å². The van der Waals surface area contributed by atoms with Crippen LogP contribution in [-0.2, 0) is 18.9 Å². The summed E-state index contributed by atoms with van der Waals surface area (Å²) in [4.78, 5) is 22.5. The summed E-state index contributed by atoms with van der Waals surface area (Å²) in [7, 11) is 0. The Morgan fingerprint density at radius 2 is 2.03 bits per heavy atom. The van der Waals surface area contributed by atoms with Gasteiger partial charge in [0.05, 0.1) is 63.1 Å². The van der Waals surface area contributed by atoms with Gasteiger partial charge in [0.2, 0.25) is 0 Å². The molecule has 9 nitrogen and oxygen atoms in total. The molecule has 170 valence electrons. The number of carbonyl (C=O) groups excluding carboxylic acids is 1. The summed E-state index contributed by atoms with van der Waals surface area (Å²) >= 11 is 0. The summed E-state index contributed by atoms with van der Waals surface area (Å²) in [6, 6.07) is 3.46. The molecule has 0 aromatic carbocycles. The van der Waals surface area contributed by atoms with Crippen molar-refractivity contribution < 1.29 is 23.7 Å². The Morgan fingerprint density at radius 1 is 1.19 bits per heavy atom. The lowest BCUT2D eigenvalue weighted by Crippen LogP contribution is -2.38. The van der Waals surface area contributed by atoms with Gasteiger partial charge in [-0.2, -0.15) is 0 Å². The van der Waals surface area contributed by atoms with E-state index in [1.807, 2.05) is 6.07 Å². The predicted molar refractivity (Wildman–Crippen MR) is 118 cm³/mol. The van der Waals surface area contributed by atoms with Crippen LogP contribution in [0, 0.1) is 0 Å². The van der Waals surface area contributed by atoms with E-state index in [2.05, 4.69) is 14.9 Å². The zero-order valence-electron chi connectivity index (χ0n) is 17.4. The Kier molecular flexibility index (Phi) is 8.79. The van der Waals surface area contributed by atoms with Gasteiger partial charge in [-0.1, -0.05) is 0 Å². The Bertz CT molecular complexity index is 857. The fraction of sp³-hybridized carbons (Fsp3) is 0.571. The van der Waals surface area contributed by atoms with Crippen LogP contribution in [0.5, 0.6) is 0 Å². The molecule has 2 aromatic heterocycles. The molecule has 2 N–H and O–H groups in total. The van der Waals surface area contributed by atoms with E-state index in [1.165, 1.54) is 0 Å². The van der Waals surface area contributed by atoms with E-state index >= 15 is 0 Å². The van der Waals surface area contributed by atoms with Crippen molar-refractivity contribution in [2.24, 2.45) is 5.73 Å². The molecule has 0 spiro atoms. The number of nitrogens with two attached hydrogens (primary N) is 1. The number of halogens is 1. The van der Waals surface area contributed by atoms with Gasteiger partial charge in [0, 0.05) is 24.7 Å². The standard InChI is InChI=1S/C21H28N4O5.ClH/c22-21(26)18-2-1-15-11-23-12-19(20(15)24-18)25-5-3-16(4-6-25)29-9-7-27-13-17-14-28-8-10-30-17;/h1-2,11-12,16-17H,3-10,13-14H2,(H2,22,26);1H. The van der Waals surface area contributed by atoms with Crippen LogP contribution in [0.1, 0.15) is 23.3 Å². The summed E-state index contributed by atoms with van der Waals surface area (Å²) in [6.07, 6.45) is 5.59. The van der Waals surface area contributed by atoms with Crippen molar-refractivity contribution in [3.05, 3.63) is 30.2 Å². The number of fused-ring (bicyclic) bond motifs is 1. The summed E-state index contributed by atoms with van der Waals surface area (Å²) in [5.74, 6) is -0.531. The second-order valence-corrected chi connectivity index (χ2v) is 7.49. The third-order valence-electron chi connectivity index (χ3n) is 5.38. The topological polar surface area (TPSA) is 109 Å². The maximum atomic E-state index is 11.5. The first-order chi connectivity index (χ1) is 14.7. The molecular formula is C21H29ClN4O5. The summed E-state index contributed by atoms with van der Waals surface area (Å²) in [5.41, 5.74) is 7.33. The molecule has 2 saturated heterocycles. The zero-order valence-corrected chi connectivity index (χ0v) is 18.2. The molecule has 1 amide bonds. The van der Waals surface area contributed by atoms with Crippen molar-refractivity contribution in [2.45, 2.75) is 25.0 Å². The van der Waals surface area contributed by atoms with Gasteiger partial charge >= 0.3 is 0 Å². The minimum absolute atomic E-state index is 0. The number of amides is 1. The van der Waals surface area contributed by atoms with E-state index in [0.717, 1.165) is 42.5 Å². The van der Waals surface area contributed by atoms with Crippen molar-refractivity contribution >= 4 is 34.9 Å². The van der Waals surface area contributed by atoms with E-state index in [-0.39, 0.29) is 30.3 Å². The summed E-state index contributed by atoms with van der Waals surface area (Å²) < 4.78 is 22.5. The van der Waals surface area contributed by atoms with Gasteiger partial charge in [0.1, 0.15) is 11.8 Å². The second kappa shape index (κ2) is 11.5. The molecule has 1 atom stereocenters. The first kappa shape index (κ1) is 23.6. The molecular weight excluding hydrogens is 424 g/mol. The van der Waals surface area contributed by atoms with Crippen LogP contribution >= 0.6 is 12.4 Å².